The lowest BCUT2D eigenvalue weighted by atomic mass is 10.2. The monoisotopic (exact) mass is 502 g/mol. The predicted octanol–water partition coefficient (Wildman–Crippen LogP) is 2.65. The molecule has 36 heavy (non-hydrogen) atoms. The Hall–Kier alpha value is -3.28. The topological polar surface area (TPSA) is 132 Å². The first kappa shape index (κ1) is 27.3. The predicted molar refractivity (Wildman–Crippen MR) is 131 cm³/mol. The number of aliphatic hydroxyl groups excluding tert-OH is 1. The Morgan fingerprint density at radius 1 is 1.22 bits per heavy atom. The van der Waals surface area contributed by atoms with E-state index in [1.54, 1.807) is 4.90 Å². The maximum atomic E-state index is 12.7. The van der Waals surface area contributed by atoms with Crippen LogP contribution in [0.25, 0.3) is 0 Å². The SMILES string of the molecule is CC(C)(C)OC(=O)N(CCCCC(=O)Nc1ccn([C@@H]2CO[C@H](CO)O2)c(=O)n1)Cc1ccccc1. The van der Waals surface area contributed by atoms with Crippen molar-refractivity contribution in [3.05, 3.63) is 58.6 Å². The van der Waals surface area contributed by atoms with Crippen LogP contribution in [-0.2, 0) is 25.5 Å². The van der Waals surface area contributed by atoms with Gasteiger partial charge in [-0.15, -0.1) is 0 Å². The number of aliphatic hydroxyl groups is 1. The largest absolute Gasteiger partial charge is 0.444 e. The zero-order valence-corrected chi connectivity index (χ0v) is 20.9. The Balaban J connectivity index is 1.48. The fourth-order valence-corrected chi connectivity index (χ4v) is 3.55. The summed E-state index contributed by atoms with van der Waals surface area (Å²) in [5.41, 5.74) is -0.220. The smallest absolute Gasteiger partial charge is 0.410 e. The van der Waals surface area contributed by atoms with Gasteiger partial charge in [0, 0.05) is 25.7 Å². The van der Waals surface area contributed by atoms with Crippen LogP contribution >= 0.6 is 0 Å². The third-order valence-electron chi connectivity index (χ3n) is 5.24. The quantitative estimate of drug-likeness (QED) is 0.474. The van der Waals surface area contributed by atoms with E-state index in [4.69, 9.17) is 19.3 Å². The third kappa shape index (κ3) is 8.43. The van der Waals surface area contributed by atoms with Gasteiger partial charge in [-0.25, -0.2) is 9.59 Å². The van der Waals surface area contributed by atoms with Crippen LogP contribution in [0.1, 0.15) is 51.8 Å². The van der Waals surface area contributed by atoms with Gasteiger partial charge in [0.2, 0.25) is 5.91 Å². The lowest BCUT2D eigenvalue weighted by Gasteiger charge is -2.27. The van der Waals surface area contributed by atoms with Crippen molar-refractivity contribution in [1.82, 2.24) is 14.5 Å². The highest BCUT2D eigenvalue weighted by Crippen LogP contribution is 2.19. The molecule has 0 unspecified atom stereocenters. The van der Waals surface area contributed by atoms with Crippen molar-refractivity contribution in [3.63, 3.8) is 0 Å². The molecule has 0 aliphatic carbocycles. The van der Waals surface area contributed by atoms with Gasteiger partial charge in [-0.3, -0.25) is 9.36 Å². The fraction of sp³-hybridized carbons (Fsp3) is 0.520. The first-order valence-corrected chi connectivity index (χ1v) is 11.9. The molecule has 2 aromatic rings. The highest BCUT2D eigenvalue weighted by atomic mass is 16.7. The minimum absolute atomic E-state index is 0.114. The van der Waals surface area contributed by atoms with Crippen LogP contribution in [-0.4, -0.2) is 63.2 Å². The van der Waals surface area contributed by atoms with E-state index >= 15 is 0 Å². The minimum Gasteiger partial charge on any atom is -0.444 e. The van der Waals surface area contributed by atoms with Crippen molar-refractivity contribution in [2.45, 2.75) is 64.7 Å². The molecule has 1 aromatic carbocycles. The zero-order valence-electron chi connectivity index (χ0n) is 20.9. The second-order valence-electron chi connectivity index (χ2n) is 9.43. The number of rotatable bonds is 10. The fourth-order valence-electron chi connectivity index (χ4n) is 3.55. The Morgan fingerprint density at radius 3 is 2.61 bits per heavy atom. The third-order valence-corrected chi connectivity index (χ3v) is 5.24. The van der Waals surface area contributed by atoms with Gasteiger partial charge in [-0.1, -0.05) is 30.3 Å². The molecule has 1 aromatic heterocycles. The van der Waals surface area contributed by atoms with E-state index in [-0.39, 0.29) is 31.4 Å². The van der Waals surface area contributed by atoms with Crippen LogP contribution in [0.2, 0.25) is 0 Å². The van der Waals surface area contributed by atoms with Crippen molar-refractivity contribution in [2.24, 2.45) is 0 Å². The molecule has 3 rings (SSSR count). The summed E-state index contributed by atoms with van der Waals surface area (Å²) in [5.74, 6) is -0.148. The molecular weight excluding hydrogens is 468 g/mol. The molecule has 0 bridgehead atoms. The molecule has 0 saturated carbocycles. The van der Waals surface area contributed by atoms with E-state index < -0.39 is 29.9 Å². The van der Waals surface area contributed by atoms with E-state index in [2.05, 4.69) is 10.3 Å². The van der Waals surface area contributed by atoms with Gasteiger partial charge >= 0.3 is 11.8 Å². The number of unbranched alkanes of at least 4 members (excludes halogenated alkanes) is 1. The highest BCUT2D eigenvalue weighted by Gasteiger charge is 2.27. The van der Waals surface area contributed by atoms with Crippen molar-refractivity contribution < 1.29 is 28.9 Å². The van der Waals surface area contributed by atoms with Crippen molar-refractivity contribution in [2.75, 3.05) is 25.1 Å². The molecule has 0 spiro atoms. The maximum absolute atomic E-state index is 12.7. The van der Waals surface area contributed by atoms with Gasteiger partial charge in [0.05, 0.1) is 13.2 Å². The van der Waals surface area contributed by atoms with Gasteiger partial charge in [0.15, 0.2) is 12.5 Å². The van der Waals surface area contributed by atoms with Crippen molar-refractivity contribution >= 4 is 17.8 Å². The lowest BCUT2D eigenvalue weighted by Crippen LogP contribution is -2.37. The Bertz CT molecular complexity index is 1070. The van der Waals surface area contributed by atoms with E-state index in [1.165, 1.54) is 16.8 Å². The number of nitrogens with one attached hydrogen (secondary N) is 1. The van der Waals surface area contributed by atoms with Crippen molar-refractivity contribution in [1.29, 1.82) is 0 Å². The number of carbonyl (C=O) groups is 2. The van der Waals surface area contributed by atoms with Crippen LogP contribution in [0.4, 0.5) is 10.6 Å². The van der Waals surface area contributed by atoms with Crippen LogP contribution in [0.5, 0.6) is 0 Å². The van der Waals surface area contributed by atoms with E-state index in [0.29, 0.717) is 25.9 Å². The summed E-state index contributed by atoms with van der Waals surface area (Å²) in [5, 5.41) is 11.7. The molecule has 2 atom stereocenters. The molecule has 2 N–H and O–H groups in total. The van der Waals surface area contributed by atoms with Gasteiger partial charge < -0.3 is 29.5 Å². The zero-order chi connectivity index (χ0) is 26.1. The molecule has 2 amide bonds. The Kier molecular flexibility index (Phi) is 9.57. The molecule has 1 fully saturated rings. The normalized spacial score (nSPS) is 17.6. The summed E-state index contributed by atoms with van der Waals surface area (Å²) in [7, 11) is 0. The molecule has 11 nitrogen and oxygen atoms in total. The number of carbonyl (C=O) groups excluding carboxylic acids is 2. The lowest BCUT2D eigenvalue weighted by molar-refractivity contribution is -0.116. The maximum Gasteiger partial charge on any atom is 0.410 e. The number of ether oxygens (including phenoxy) is 3. The first-order valence-electron chi connectivity index (χ1n) is 11.9. The molecule has 0 radical (unpaired) electrons. The van der Waals surface area contributed by atoms with Gasteiger partial charge in [0.1, 0.15) is 11.4 Å². The average Bonchev–Trinajstić information content (AvgIpc) is 3.29. The first-order chi connectivity index (χ1) is 17.1. The molecule has 196 valence electrons. The van der Waals surface area contributed by atoms with E-state index in [0.717, 1.165) is 5.56 Å². The summed E-state index contributed by atoms with van der Waals surface area (Å²) in [6.07, 6.45) is 0.932. The summed E-state index contributed by atoms with van der Waals surface area (Å²) in [6, 6.07) is 11.1. The minimum atomic E-state index is -0.778. The van der Waals surface area contributed by atoms with Crippen LogP contribution in [0.15, 0.2) is 47.4 Å². The standard InChI is InChI=1S/C25H34N4O7/c1-25(2,3)36-24(33)28(15-18-9-5-4-6-10-18)13-8-7-11-20(31)26-19-12-14-29(23(32)27-19)21-17-34-22(16-30)35-21/h4-6,9-10,12,14,21-22,30H,7-8,11,13,15-17H2,1-3H3,(H,26,27,31,32)/t21-,22-/m0/s1. The average molecular weight is 503 g/mol. The molecule has 1 aliphatic rings. The number of benzene rings is 1. The Morgan fingerprint density at radius 2 is 1.97 bits per heavy atom. The number of amides is 2. The number of hydrogen-bond donors (Lipinski definition) is 2. The Labute approximate surface area is 210 Å². The highest BCUT2D eigenvalue weighted by molar-refractivity contribution is 5.89. The summed E-state index contributed by atoms with van der Waals surface area (Å²) in [6.45, 7) is 6.12. The van der Waals surface area contributed by atoms with Gasteiger partial charge in [0.25, 0.3) is 0 Å². The van der Waals surface area contributed by atoms with E-state index in [9.17, 15) is 14.4 Å². The summed E-state index contributed by atoms with van der Waals surface area (Å²) >= 11 is 0. The number of anilines is 1. The molecule has 11 heteroatoms. The number of nitrogens with zero attached hydrogens (tertiary/aromatic N) is 3. The van der Waals surface area contributed by atoms with Crippen molar-refractivity contribution in [3.8, 4) is 0 Å². The van der Waals surface area contributed by atoms with Crippen LogP contribution in [0.3, 0.4) is 0 Å². The summed E-state index contributed by atoms with van der Waals surface area (Å²) < 4.78 is 17.4. The summed E-state index contributed by atoms with van der Waals surface area (Å²) in [4.78, 5) is 42.9. The van der Waals surface area contributed by atoms with Crippen LogP contribution in [0, 0.1) is 0 Å². The second-order valence-corrected chi connectivity index (χ2v) is 9.43. The second kappa shape index (κ2) is 12.6. The van der Waals surface area contributed by atoms with Crippen LogP contribution < -0.4 is 11.0 Å². The molecule has 2 heterocycles. The number of hydrogen-bond acceptors (Lipinski definition) is 8. The molecule has 1 saturated heterocycles. The molecular formula is C25H34N4O7. The van der Waals surface area contributed by atoms with Gasteiger partial charge in [-0.05, 0) is 45.2 Å². The van der Waals surface area contributed by atoms with Gasteiger partial charge in [-0.2, -0.15) is 4.98 Å². The number of aromatic nitrogens is 2. The van der Waals surface area contributed by atoms with E-state index in [1.807, 2.05) is 51.1 Å². The molecule has 1 aliphatic heterocycles.